The lowest BCUT2D eigenvalue weighted by molar-refractivity contribution is 0.0864. The maximum Gasteiger partial charge on any atom is 0.269 e. The van der Waals surface area contributed by atoms with Gasteiger partial charge in [0.15, 0.2) is 0 Å². The highest BCUT2D eigenvalue weighted by molar-refractivity contribution is 7.90. The van der Waals surface area contributed by atoms with Crippen molar-refractivity contribution in [2.24, 2.45) is 0 Å². The van der Waals surface area contributed by atoms with E-state index in [4.69, 9.17) is 16.9 Å². The molecule has 1 aliphatic heterocycles. The Hall–Kier alpha value is -2.43. The second kappa shape index (κ2) is 5.33. The van der Waals surface area contributed by atoms with E-state index in [2.05, 4.69) is 0 Å². The molecule has 23 heavy (non-hydrogen) atoms. The van der Waals surface area contributed by atoms with E-state index in [1.165, 1.54) is 18.2 Å². The van der Waals surface area contributed by atoms with Crippen LogP contribution in [0, 0.1) is 17.1 Å². The first-order valence-electron chi connectivity index (χ1n) is 6.39. The van der Waals surface area contributed by atoms with Gasteiger partial charge in [0, 0.05) is 5.02 Å². The smallest absolute Gasteiger partial charge is 0.268 e. The molecule has 1 aliphatic rings. The van der Waals surface area contributed by atoms with Crippen molar-refractivity contribution in [3.8, 4) is 6.07 Å². The summed E-state index contributed by atoms with van der Waals surface area (Å²) >= 11 is 5.88. The van der Waals surface area contributed by atoms with Gasteiger partial charge in [-0.05, 0) is 42.0 Å². The number of halogens is 2. The number of fused-ring (bicyclic) bond motifs is 1. The zero-order chi connectivity index (χ0) is 16.8. The van der Waals surface area contributed by atoms with E-state index in [1.54, 1.807) is 0 Å². The average molecular weight is 351 g/mol. The Balaban J connectivity index is 2.04. The van der Waals surface area contributed by atoms with Gasteiger partial charge in [-0.3, -0.25) is 4.79 Å². The highest BCUT2D eigenvalue weighted by Crippen LogP contribution is 2.32. The third-order valence-corrected chi connectivity index (χ3v) is 5.38. The summed E-state index contributed by atoms with van der Waals surface area (Å²) in [4.78, 5) is 12.1. The van der Waals surface area contributed by atoms with Crippen LogP contribution in [0.15, 0.2) is 41.3 Å². The lowest BCUT2D eigenvalue weighted by atomic mass is 10.1. The number of hydrogen-bond donors (Lipinski definition) is 0. The van der Waals surface area contributed by atoms with Gasteiger partial charge < -0.3 is 0 Å². The number of benzene rings is 2. The standard InChI is InChI=1S/C15H8ClFN2O3S/c16-11-4-9(7-18)3-10(5-11)8-19-15(20)13-6-12(17)1-2-14(13)23(19,21)22/h1-6H,8H2. The van der Waals surface area contributed by atoms with E-state index < -0.39 is 21.7 Å². The first-order valence-corrected chi connectivity index (χ1v) is 8.21. The third-order valence-electron chi connectivity index (χ3n) is 3.38. The third kappa shape index (κ3) is 2.56. The molecule has 0 saturated carbocycles. The second-order valence-corrected chi connectivity index (χ2v) is 7.18. The molecule has 1 amide bonds. The van der Waals surface area contributed by atoms with Crippen LogP contribution in [0.3, 0.4) is 0 Å². The molecular weight excluding hydrogens is 343 g/mol. The van der Waals surface area contributed by atoms with Crippen LogP contribution in [0.1, 0.15) is 21.5 Å². The fourth-order valence-corrected chi connectivity index (χ4v) is 4.18. The molecule has 0 saturated heterocycles. The number of amides is 1. The van der Waals surface area contributed by atoms with Crippen molar-refractivity contribution in [2.75, 3.05) is 0 Å². The van der Waals surface area contributed by atoms with Crippen molar-refractivity contribution < 1.29 is 17.6 Å². The van der Waals surface area contributed by atoms with Crippen LogP contribution in [0.5, 0.6) is 0 Å². The van der Waals surface area contributed by atoms with Gasteiger partial charge in [-0.2, -0.15) is 5.26 Å². The zero-order valence-corrected chi connectivity index (χ0v) is 13.0. The predicted molar refractivity (Wildman–Crippen MR) is 79.6 cm³/mol. The van der Waals surface area contributed by atoms with Gasteiger partial charge in [-0.15, -0.1) is 0 Å². The molecule has 0 radical (unpaired) electrons. The molecule has 1 heterocycles. The van der Waals surface area contributed by atoms with Gasteiger partial charge >= 0.3 is 0 Å². The van der Waals surface area contributed by atoms with Crippen molar-refractivity contribution in [1.29, 1.82) is 5.26 Å². The molecule has 2 aromatic rings. The van der Waals surface area contributed by atoms with Crippen molar-refractivity contribution in [1.82, 2.24) is 4.31 Å². The molecule has 0 N–H and O–H groups in total. The monoisotopic (exact) mass is 350 g/mol. The van der Waals surface area contributed by atoms with E-state index in [-0.39, 0.29) is 27.6 Å². The fourth-order valence-electron chi connectivity index (χ4n) is 2.39. The normalized spacial score (nSPS) is 15.3. The lowest BCUT2D eigenvalue weighted by Crippen LogP contribution is -2.29. The summed E-state index contributed by atoms with van der Waals surface area (Å²) in [6.45, 7) is -0.285. The predicted octanol–water partition coefficient (Wildman–Crippen LogP) is 2.70. The summed E-state index contributed by atoms with van der Waals surface area (Å²) in [5, 5.41) is 9.18. The first-order chi connectivity index (χ1) is 10.8. The van der Waals surface area contributed by atoms with E-state index in [0.717, 1.165) is 18.2 Å². The molecule has 0 aromatic heterocycles. The minimum absolute atomic E-state index is 0.201. The van der Waals surface area contributed by atoms with Crippen LogP contribution in [-0.4, -0.2) is 18.6 Å². The topological polar surface area (TPSA) is 78.2 Å². The van der Waals surface area contributed by atoms with Gasteiger partial charge in [0.05, 0.1) is 23.7 Å². The Kier molecular flexibility index (Phi) is 3.59. The minimum atomic E-state index is -4.05. The van der Waals surface area contributed by atoms with E-state index in [9.17, 15) is 17.6 Å². The fraction of sp³-hybridized carbons (Fsp3) is 0.0667. The quantitative estimate of drug-likeness (QED) is 0.834. The number of carbonyl (C=O) groups excluding carboxylic acids is 1. The summed E-state index contributed by atoms with van der Waals surface area (Å²) in [6.07, 6.45) is 0. The van der Waals surface area contributed by atoms with E-state index >= 15 is 0 Å². The Bertz CT molecular complexity index is 983. The molecular formula is C15H8ClFN2O3S. The van der Waals surface area contributed by atoms with E-state index in [0.29, 0.717) is 9.87 Å². The summed E-state index contributed by atoms with van der Waals surface area (Å²) < 4.78 is 38.8. The van der Waals surface area contributed by atoms with Crippen molar-refractivity contribution in [2.45, 2.75) is 11.4 Å². The Morgan fingerprint density at radius 2 is 1.96 bits per heavy atom. The van der Waals surface area contributed by atoms with Gasteiger partial charge in [-0.1, -0.05) is 11.6 Å². The van der Waals surface area contributed by atoms with Crippen LogP contribution in [-0.2, 0) is 16.6 Å². The summed E-state index contributed by atoms with van der Waals surface area (Å²) in [5.74, 6) is -1.50. The molecule has 0 fully saturated rings. The highest BCUT2D eigenvalue weighted by atomic mass is 35.5. The molecule has 0 aliphatic carbocycles. The van der Waals surface area contributed by atoms with Crippen LogP contribution in [0.25, 0.3) is 0 Å². The number of rotatable bonds is 2. The average Bonchev–Trinajstić information content (AvgIpc) is 2.67. The molecule has 5 nitrogen and oxygen atoms in total. The Labute approximate surface area is 136 Å². The maximum atomic E-state index is 13.3. The van der Waals surface area contributed by atoms with Gasteiger partial charge in [0.1, 0.15) is 10.7 Å². The second-order valence-electron chi connectivity index (χ2n) is 4.92. The number of sulfonamides is 1. The molecule has 0 atom stereocenters. The molecule has 2 aromatic carbocycles. The number of hydrogen-bond acceptors (Lipinski definition) is 4. The first kappa shape index (κ1) is 15.5. The van der Waals surface area contributed by atoms with Crippen molar-refractivity contribution in [3.05, 3.63) is 63.9 Å². The number of nitriles is 1. The maximum absolute atomic E-state index is 13.3. The lowest BCUT2D eigenvalue weighted by Gasteiger charge is -2.15. The Morgan fingerprint density at radius 1 is 1.22 bits per heavy atom. The summed E-state index contributed by atoms with van der Waals surface area (Å²) in [5.41, 5.74) is 0.437. The minimum Gasteiger partial charge on any atom is -0.268 e. The molecule has 116 valence electrons. The largest absolute Gasteiger partial charge is 0.269 e. The zero-order valence-electron chi connectivity index (χ0n) is 11.5. The summed E-state index contributed by atoms with van der Waals surface area (Å²) in [6, 6.07) is 9.19. The molecule has 0 unspecified atom stereocenters. The van der Waals surface area contributed by atoms with Crippen LogP contribution >= 0.6 is 11.6 Å². The SMILES string of the molecule is N#Cc1cc(Cl)cc(CN2C(=O)c3cc(F)ccc3S2(=O)=O)c1. The van der Waals surface area contributed by atoms with E-state index in [1.807, 2.05) is 6.07 Å². The highest BCUT2D eigenvalue weighted by Gasteiger charge is 2.41. The molecule has 8 heteroatoms. The van der Waals surface area contributed by atoms with Crippen molar-refractivity contribution in [3.63, 3.8) is 0 Å². The Morgan fingerprint density at radius 3 is 2.65 bits per heavy atom. The van der Waals surface area contributed by atoms with Gasteiger partial charge in [0.25, 0.3) is 15.9 Å². The van der Waals surface area contributed by atoms with Gasteiger partial charge in [0.2, 0.25) is 0 Å². The molecule has 0 bridgehead atoms. The van der Waals surface area contributed by atoms with Crippen molar-refractivity contribution >= 4 is 27.5 Å². The summed E-state index contributed by atoms with van der Waals surface area (Å²) in [7, 11) is -4.05. The van der Waals surface area contributed by atoms with Crippen LogP contribution in [0.4, 0.5) is 4.39 Å². The van der Waals surface area contributed by atoms with Gasteiger partial charge in [-0.25, -0.2) is 17.1 Å². The number of nitrogens with zero attached hydrogens (tertiary/aromatic N) is 2. The van der Waals surface area contributed by atoms with Crippen LogP contribution < -0.4 is 0 Å². The molecule has 3 rings (SSSR count). The number of carbonyl (C=O) groups is 1. The molecule has 0 spiro atoms. The van der Waals surface area contributed by atoms with Crippen LogP contribution in [0.2, 0.25) is 5.02 Å².